The minimum Gasteiger partial charge on any atom is -0.346 e. The van der Waals surface area contributed by atoms with E-state index >= 15 is 0 Å². The number of nitrogens with one attached hydrogen (secondary N) is 1. The molecule has 0 aliphatic heterocycles. The van der Waals surface area contributed by atoms with Crippen molar-refractivity contribution in [3.05, 3.63) is 58.4 Å². The van der Waals surface area contributed by atoms with Crippen molar-refractivity contribution in [2.24, 2.45) is 0 Å². The predicted molar refractivity (Wildman–Crippen MR) is 92.2 cm³/mol. The zero-order valence-corrected chi connectivity index (χ0v) is 13.3. The van der Waals surface area contributed by atoms with E-state index in [2.05, 4.69) is 64.1 Å². The third-order valence-electron chi connectivity index (χ3n) is 3.95. The summed E-state index contributed by atoms with van der Waals surface area (Å²) in [4.78, 5) is 0. The normalized spacial score (nSPS) is 11.3. The van der Waals surface area contributed by atoms with Gasteiger partial charge in [-0.25, -0.2) is 0 Å². The first-order valence-corrected chi connectivity index (χ1v) is 8.61. The maximum atomic E-state index is 3.55. The summed E-state index contributed by atoms with van der Waals surface area (Å²) >= 11 is 1.78. The molecule has 3 heteroatoms. The van der Waals surface area contributed by atoms with Crippen molar-refractivity contribution in [2.45, 2.75) is 26.3 Å². The first-order chi connectivity index (χ1) is 10.4. The van der Waals surface area contributed by atoms with Gasteiger partial charge in [0.1, 0.15) is 0 Å². The zero-order chi connectivity index (χ0) is 14.5. The molecule has 0 radical (unpaired) electrons. The number of hydrogen-bond acceptors (Lipinski definition) is 2. The highest BCUT2D eigenvalue weighted by Crippen LogP contribution is 2.20. The fraction of sp³-hybridized carbons (Fsp3) is 0.333. The number of fused-ring (bicyclic) bond motifs is 1. The molecule has 0 saturated heterocycles. The Kier molecular flexibility index (Phi) is 4.73. The predicted octanol–water partition coefficient (Wildman–Crippen LogP) is 4.10. The first kappa shape index (κ1) is 14.4. The Morgan fingerprint density at radius 2 is 2.10 bits per heavy atom. The molecule has 1 aromatic carbocycles. The van der Waals surface area contributed by atoms with Crippen LogP contribution in [0.3, 0.4) is 0 Å². The maximum Gasteiger partial charge on any atom is 0.0513 e. The Hall–Kier alpha value is -1.58. The number of benzene rings is 1. The molecular weight excluding hydrogens is 276 g/mol. The van der Waals surface area contributed by atoms with Gasteiger partial charge in [0.2, 0.25) is 0 Å². The molecule has 1 N–H and O–H groups in total. The molecule has 0 saturated carbocycles. The highest BCUT2D eigenvalue weighted by molar-refractivity contribution is 7.07. The molecule has 2 aromatic heterocycles. The SMILES string of the molecule is CCc1cccc2ccn(CCNCCc3ccsc3)c12. The quantitative estimate of drug-likeness (QED) is 0.650. The zero-order valence-electron chi connectivity index (χ0n) is 12.5. The van der Waals surface area contributed by atoms with Crippen molar-refractivity contribution in [3.8, 4) is 0 Å². The number of aromatic nitrogens is 1. The second-order valence-electron chi connectivity index (χ2n) is 5.35. The van der Waals surface area contributed by atoms with Crippen LogP contribution in [0.5, 0.6) is 0 Å². The van der Waals surface area contributed by atoms with Gasteiger partial charge in [0, 0.05) is 19.3 Å². The van der Waals surface area contributed by atoms with Crippen LogP contribution in [-0.4, -0.2) is 17.7 Å². The van der Waals surface area contributed by atoms with Crippen LogP contribution in [0, 0.1) is 0 Å². The minimum absolute atomic E-state index is 1.02. The number of aryl methyl sites for hydroxylation is 1. The molecule has 0 spiro atoms. The van der Waals surface area contributed by atoms with Gasteiger partial charge in [-0.15, -0.1) is 0 Å². The maximum absolute atomic E-state index is 3.55. The van der Waals surface area contributed by atoms with Gasteiger partial charge in [0.25, 0.3) is 0 Å². The summed E-state index contributed by atoms with van der Waals surface area (Å²) in [7, 11) is 0. The van der Waals surface area contributed by atoms with Crippen LogP contribution in [0.1, 0.15) is 18.1 Å². The van der Waals surface area contributed by atoms with E-state index in [9.17, 15) is 0 Å². The molecule has 0 amide bonds. The van der Waals surface area contributed by atoms with Gasteiger partial charge in [-0.1, -0.05) is 25.1 Å². The molecule has 0 aliphatic carbocycles. The molecule has 0 fully saturated rings. The van der Waals surface area contributed by atoms with Crippen molar-refractivity contribution < 1.29 is 0 Å². The van der Waals surface area contributed by atoms with Crippen LogP contribution in [0.4, 0.5) is 0 Å². The van der Waals surface area contributed by atoms with Gasteiger partial charge in [0.15, 0.2) is 0 Å². The van der Waals surface area contributed by atoms with Crippen LogP contribution in [0.25, 0.3) is 10.9 Å². The summed E-state index contributed by atoms with van der Waals surface area (Å²) in [6.45, 7) is 5.33. The smallest absolute Gasteiger partial charge is 0.0513 e. The fourth-order valence-electron chi connectivity index (χ4n) is 2.80. The van der Waals surface area contributed by atoms with Gasteiger partial charge in [-0.2, -0.15) is 11.3 Å². The molecule has 2 heterocycles. The highest BCUT2D eigenvalue weighted by atomic mass is 32.1. The average molecular weight is 298 g/mol. The van der Waals surface area contributed by atoms with E-state index in [4.69, 9.17) is 0 Å². The summed E-state index contributed by atoms with van der Waals surface area (Å²) in [5.74, 6) is 0. The Bertz CT molecular complexity index is 682. The van der Waals surface area contributed by atoms with Crippen molar-refractivity contribution in [3.63, 3.8) is 0 Å². The Balaban J connectivity index is 1.55. The third kappa shape index (κ3) is 3.36. The van der Waals surface area contributed by atoms with E-state index in [0.29, 0.717) is 0 Å². The average Bonchev–Trinajstić information content (AvgIpc) is 3.16. The van der Waals surface area contributed by atoms with Crippen molar-refractivity contribution >= 4 is 22.2 Å². The van der Waals surface area contributed by atoms with Crippen LogP contribution < -0.4 is 5.32 Å². The molecule has 0 unspecified atom stereocenters. The number of rotatable bonds is 7. The van der Waals surface area contributed by atoms with E-state index < -0.39 is 0 Å². The molecule has 0 bridgehead atoms. The lowest BCUT2D eigenvalue weighted by Gasteiger charge is -2.09. The minimum atomic E-state index is 1.02. The Labute approximate surface area is 130 Å². The van der Waals surface area contributed by atoms with Crippen molar-refractivity contribution in [2.75, 3.05) is 13.1 Å². The molecule has 21 heavy (non-hydrogen) atoms. The van der Waals surface area contributed by atoms with E-state index in [0.717, 1.165) is 32.5 Å². The number of hydrogen-bond donors (Lipinski definition) is 1. The van der Waals surface area contributed by atoms with Crippen LogP contribution in [0.15, 0.2) is 47.3 Å². The lowest BCUT2D eigenvalue weighted by Crippen LogP contribution is -2.22. The highest BCUT2D eigenvalue weighted by Gasteiger charge is 2.04. The van der Waals surface area contributed by atoms with Gasteiger partial charge >= 0.3 is 0 Å². The van der Waals surface area contributed by atoms with Gasteiger partial charge in [-0.3, -0.25) is 0 Å². The second kappa shape index (κ2) is 6.92. The van der Waals surface area contributed by atoms with E-state index in [1.807, 2.05) is 0 Å². The Morgan fingerprint density at radius 1 is 1.14 bits per heavy atom. The van der Waals surface area contributed by atoms with Gasteiger partial charge in [0.05, 0.1) is 5.52 Å². The van der Waals surface area contributed by atoms with Crippen LogP contribution in [0.2, 0.25) is 0 Å². The van der Waals surface area contributed by atoms with Crippen molar-refractivity contribution in [1.82, 2.24) is 9.88 Å². The molecule has 110 valence electrons. The summed E-state index contributed by atoms with van der Waals surface area (Å²) in [6, 6.07) is 11.0. The molecule has 2 nitrogen and oxygen atoms in total. The Morgan fingerprint density at radius 3 is 2.90 bits per heavy atom. The molecule has 3 rings (SSSR count). The monoisotopic (exact) mass is 298 g/mol. The first-order valence-electron chi connectivity index (χ1n) is 7.67. The lowest BCUT2D eigenvalue weighted by molar-refractivity contribution is 0.609. The van der Waals surface area contributed by atoms with E-state index in [-0.39, 0.29) is 0 Å². The van der Waals surface area contributed by atoms with Crippen LogP contribution >= 0.6 is 11.3 Å². The molecule has 3 aromatic rings. The number of para-hydroxylation sites is 1. The second-order valence-corrected chi connectivity index (χ2v) is 6.13. The van der Waals surface area contributed by atoms with Gasteiger partial charge < -0.3 is 9.88 Å². The van der Waals surface area contributed by atoms with E-state index in [1.54, 1.807) is 11.3 Å². The lowest BCUT2D eigenvalue weighted by atomic mass is 10.1. The number of nitrogens with zero attached hydrogens (tertiary/aromatic N) is 1. The molecular formula is C18H22N2S. The summed E-state index contributed by atoms with van der Waals surface area (Å²) in [5, 5.41) is 9.28. The van der Waals surface area contributed by atoms with E-state index in [1.165, 1.54) is 22.0 Å². The fourth-order valence-corrected chi connectivity index (χ4v) is 3.51. The largest absolute Gasteiger partial charge is 0.346 e. The van der Waals surface area contributed by atoms with Gasteiger partial charge in [-0.05, 0) is 58.8 Å². The number of thiophene rings is 1. The summed E-state index contributed by atoms with van der Waals surface area (Å²) in [6.07, 6.45) is 4.42. The molecule has 0 atom stereocenters. The standard InChI is InChI=1S/C18H22N2S/c1-2-16-4-3-5-17-7-11-20(18(16)17)12-10-19-9-6-15-8-13-21-14-15/h3-5,7-8,11,13-14,19H,2,6,9-10,12H2,1H3. The molecule has 0 aliphatic rings. The third-order valence-corrected chi connectivity index (χ3v) is 4.69. The topological polar surface area (TPSA) is 17.0 Å². The van der Waals surface area contributed by atoms with Crippen LogP contribution in [-0.2, 0) is 19.4 Å². The summed E-state index contributed by atoms with van der Waals surface area (Å²) < 4.78 is 2.38. The van der Waals surface area contributed by atoms with Crippen molar-refractivity contribution in [1.29, 1.82) is 0 Å². The summed E-state index contributed by atoms with van der Waals surface area (Å²) in [5.41, 5.74) is 4.28.